The lowest BCUT2D eigenvalue weighted by atomic mass is 10.1. The molecule has 1 aromatic rings. The van der Waals surface area contributed by atoms with E-state index >= 15 is 0 Å². The summed E-state index contributed by atoms with van der Waals surface area (Å²) in [5.41, 5.74) is 6.97. The van der Waals surface area contributed by atoms with Crippen molar-refractivity contribution in [2.24, 2.45) is 11.7 Å². The summed E-state index contributed by atoms with van der Waals surface area (Å²) in [5.74, 6) is 0.889. The molecule has 1 fully saturated rings. The molecule has 1 saturated carbocycles. The van der Waals surface area contributed by atoms with E-state index in [2.05, 4.69) is 23.5 Å². The number of nitrogens with two attached hydrogens (primary N) is 1. The normalized spacial score (nSPS) is 18.0. The van der Waals surface area contributed by atoms with E-state index in [0.29, 0.717) is 6.54 Å². The molecule has 4 heteroatoms. The summed E-state index contributed by atoms with van der Waals surface area (Å²) >= 11 is 0. The standard InChI is InChI=1S/C11H20N4/c1-2-15-8-10(7-14-15)11(5-12)13-6-9-3-4-9/h7-9,11,13H,2-6,12H2,1H3. The summed E-state index contributed by atoms with van der Waals surface area (Å²) in [6.07, 6.45) is 6.75. The molecule has 15 heavy (non-hydrogen) atoms. The minimum atomic E-state index is 0.269. The van der Waals surface area contributed by atoms with E-state index < -0.39 is 0 Å². The Morgan fingerprint density at radius 1 is 1.67 bits per heavy atom. The van der Waals surface area contributed by atoms with Crippen LogP contribution in [-0.4, -0.2) is 22.9 Å². The number of nitrogens with one attached hydrogen (secondary N) is 1. The van der Waals surface area contributed by atoms with Crippen molar-refractivity contribution in [2.75, 3.05) is 13.1 Å². The van der Waals surface area contributed by atoms with Gasteiger partial charge in [-0.05, 0) is 32.2 Å². The van der Waals surface area contributed by atoms with E-state index in [-0.39, 0.29) is 6.04 Å². The van der Waals surface area contributed by atoms with Gasteiger partial charge >= 0.3 is 0 Å². The van der Waals surface area contributed by atoms with Gasteiger partial charge in [0.1, 0.15) is 0 Å². The molecule has 0 radical (unpaired) electrons. The third-order valence-electron chi connectivity index (χ3n) is 2.97. The van der Waals surface area contributed by atoms with Crippen molar-refractivity contribution >= 4 is 0 Å². The molecule has 3 N–H and O–H groups in total. The molecule has 0 aromatic carbocycles. The minimum absolute atomic E-state index is 0.269. The molecule has 0 saturated heterocycles. The highest BCUT2D eigenvalue weighted by atomic mass is 15.3. The molecule has 1 atom stereocenters. The van der Waals surface area contributed by atoms with Gasteiger partial charge in [0.15, 0.2) is 0 Å². The van der Waals surface area contributed by atoms with Gasteiger partial charge < -0.3 is 11.1 Å². The van der Waals surface area contributed by atoms with Gasteiger partial charge in [-0.15, -0.1) is 0 Å². The molecule has 2 rings (SSSR count). The summed E-state index contributed by atoms with van der Waals surface area (Å²) in [6.45, 7) is 4.74. The van der Waals surface area contributed by atoms with Gasteiger partial charge in [0.25, 0.3) is 0 Å². The van der Waals surface area contributed by atoms with Gasteiger partial charge in [-0.25, -0.2) is 0 Å². The number of hydrogen-bond donors (Lipinski definition) is 2. The Bertz CT molecular complexity index is 303. The van der Waals surface area contributed by atoms with Crippen molar-refractivity contribution in [3.63, 3.8) is 0 Å². The van der Waals surface area contributed by atoms with Crippen molar-refractivity contribution in [1.29, 1.82) is 0 Å². The van der Waals surface area contributed by atoms with E-state index in [1.54, 1.807) is 0 Å². The third-order valence-corrected chi connectivity index (χ3v) is 2.97. The second-order valence-corrected chi connectivity index (χ2v) is 4.27. The molecule has 0 spiro atoms. The zero-order chi connectivity index (χ0) is 10.7. The first-order chi connectivity index (χ1) is 7.33. The minimum Gasteiger partial charge on any atom is -0.329 e. The quantitative estimate of drug-likeness (QED) is 0.730. The van der Waals surface area contributed by atoms with Crippen LogP contribution in [0.5, 0.6) is 0 Å². The molecule has 4 nitrogen and oxygen atoms in total. The highest BCUT2D eigenvalue weighted by Gasteiger charge is 2.22. The molecular formula is C11H20N4. The third kappa shape index (κ3) is 2.79. The Morgan fingerprint density at radius 3 is 3.00 bits per heavy atom. The summed E-state index contributed by atoms with van der Waals surface area (Å²) in [4.78, 5) is 0. The summed E-state index contributed by atoms with van der Waals surface area (Å²) in [5, 5.41) is 7.77. The predicted octanol–water partition coefficient (Wildman–Crippen LogP) is 0.902. The molecule has 1 heterocycles. The molecule has 1 unspecified atom stereocenters. The Morgan fingerprint density at radius 2 is 2.47 bits per heavy atom. The second kappa shape index (κ2) is 4.77. The maximum atomic E-state index is 5.76. The first-order valence-electron chi connectivity index (χ1n) is 5.79. The van der Waals surface area contributed by atoms with E-state index in [4.69, 9.17) is 5.73 Å². The fourth-order valence-electron chi connectivity index (χ4n) is 1.70. The maximum Gasteiger partial charge on any atom is 0.0538 e. The van der Waals surface area contributed by atoms with Crippen LogP contribution in [0.3, 0.4) is 0 Å². The van der Waals surface area contributed by atoms with Crippen molar-refractivity contribution in [3.05, 3.63) is 18.0 Å². The van der Waals surface area contributed by atoms with Crippen molar-refractivity contribution < 1.29 is 0 Å². The van der Waals surface area contributed by atoms with Crippen LogP contribution in [-0.2, 0) is 6.54 Å². The molecular weight excluding hydrogens is 188 g/mol. The fraction of sp³-hybridized carbons (Fsp3) is 0.727. The second-order valence-electron chi connectivity index (χ2n) is 4.27. The van der Waals surface area contributed by atoms with Crippen molar-refractivity contribution in [3.8, 4) is 0 Å². The number of aryl methyl sites for hydroxylation is 1. The summed E-state index contributed by atoms with van der Waals surface area (Å²) in [7, 11) is 0. The van der Waals surface area contributed by atoms with Gasteiger partial charge in [0.2, 0.25) is 0 Å². The average Bonchev–Trinajstić information content (AvgIpc) is 2.96. The average molecular weight is 208 g/mol. The molecule has 0 aliphatic heterocycles. The topological polar surface area (TPSA) is 55.9 Å². The summed E-state index contributed by atoms with van der Waals surface area (Å²) in [6, 6.07) is 0.269. The highest BCUT2D eigenvalue weighted by molar-refractivity contribution is 5.11. The first-order valence-corrected chi connectivity index (χ1v) is 5.79. The smallest absolute Gasteiger partial charge is 0.0538 e. The molecule has 1 aliphatic rings. The Balaban J connectivity index is 1.91. The SMILES string of the molecule is CCn1cc(C(CN)NCC2CC2)cn1. The van der Waals surface area contributed by atoms with Gasteiger partial charge in [-0.2, -0.15) is 5.10 Å². The van der Waals surface area contributed by atoms with Crippen LogP contribution in [0.15, 0.2) is 12.4 Å². The van der Waals surface area contributed by atoms with Gasteiger partial charge in [-0.1, -0.05) is 0 Å². The molecule has 0 bridgehead atoms. The van der Waals surface area contributed by atoms with Crippen molar-refractivity contribution in [2.45, 2.75) is 32.4 Å². The van der Waals surface area contributed by atoms with E-state index in [1.807, 2.05) is 10.9 Å². The number of rotatable bonds is 6. The number of aromatic nitrogens is 2. The predicted molar refractivity (Wildman–Crippen MR) is 60.4 cm³/mol. The molecule has 0 amide bonds. The molecule has 84 valence electrons. The lowest BCUT2D eigenvalue weighted by molar-refractivity contribution is 0.521. The fourth-order valence-corrected chi connectivity index (χ4v) is 1.70. The van der Waals surface area contributed by atoms with Crippen LogP contribution >= 0.6 is 0 Å². The maximum absolute atomic E-state index is 5.76. The molecule has 1 aromatic heterocycles. The van der Waals surface area contributed by atoms with Crippen LogP contribution in [0.2, 0.25) is 0 Å². The largest absolute Gasteiger partial charge is 0.329 e. The Labute approximate surface area is 90.8 Å². The zero-order valence-corrected chi connectivity index (χ0v) is 9.32. The Hall–Kier alpha value is -0.870. The summed E-state index contributed by atoms with van der Waals surface area (Å²) < 4.78 is 1.94. The van der Waals surface area contributed by atoms with Gasteiger partial charge in [-0.3, -0.25) is 4.68 Å². The lowest BCUT2D eigenvalue weighted by Gasteiger charge is -2.14. The van der Waals surface area contributed by atoms with Crippen LogP contribution in [0.25, 0.3) is 0 Å². The van der Waals surface area contributed by atoms with Gasteiger partial charge in [0, 0.05) is 30.9 Å². The van der Waals surface area contributed by atoms with Crippen LogP contribution in [0.1, 0.15) is 31.4 Å². The highest BCUT2D eigenvalue weighted by Crippen LogP contribution is 2.28. The zero-order valence-electron chi connectivity index (χ0n) is 9.32. The van der Waals surface area contributed by atoms with E-state index in [9.17, 15) is 0 Å². The monoisotopic (exact) mass is 208 g/mol. The molecule has 1 aliphatic carbocycles. The lowest BCUT2D eigenvalue weighted by Crippen LogP contribution is -2.29. The number of nitrogens with zero attached hydrogens (tertiary/aromatic N) is 2. The van der Waals surface area contributed by atoms with Crippen LogP contribution in [0, 0.1) is 5.92 Å². The van der Waals surface area contributed by atoms with Crippen LogP contribution in [0.4, 0.5) is 0 Å². The first kappa shape index (κ1) is 10.6. The van der Waals surface area contributed by atoms with E-state index in [1.165, 1.54) is 18.4 Å². The Kier molecular flexibility index (Phi) is 3.38. The van der Waals surface area contributed by atoms with Crippen molar-refractivity contribution in [1.82, 2.24) is 15.1 Å². The van der Waals surface area contributed by atoms with Gasteiger partial charge in [0.05, 0.1) is 6.20 Å². The van der Waals surface area contributed by atoms with E-state index in [0.717, 1.165) is 19.0 Å². The number of hydrogen-bond acceptors (Lipinski definition) is 3. The van der Waals surface area contributed by atoms with Crippen LogP contribution < -0.4 is 11.1 Å².